The standard InChI is InChI=1S/C13H17F2NO2S/c1-19(17,18)11-6-5-9(12(14)13(11)15)8-10-4-2-3-7-16-10/h5-6,10,16H,2-4,7-8H2,1H3. The maximum atomic E-state index is 13.9. The maximum Gasteiger partial charge on any atom is 0.178 e. The lowest BCUT2D eigenvalue weighted by atomic mass is 9.97. The fraction of sp³-hybridized carbons (Fsp3) is 0.538. The first-order chi connectivity index (χ1) is 8.89. The summed E-state index contributed by atoms with van der Waals surface area (Å²) >= 11 is 0. The lowest BCUT2D eigenvalue weighted by Crippen LogP contribution is -2.35. The van der Waals surface area contributed by atoms with Crippen LogP contribution < -0.4 is 5.32 Å². The van der Waals surface area contributed by atoms with Crippen molar-refractivity contribution in [2.24, 2.45) is 0 Å². The van der Waals surface area contributed by atoms with E-state index in [-0.39, 0.29) is 11.6 Å². The SMILES string of the molecule is CS(=O)(=O)c1ccc(CC2CCCCN2)c(F)c1F. The van der Waals surface area contributed by atoms with Crippen LogP contribution in [-0.4, -0.2) is 27.3 Å². The molecule has 0 spiro atoms. The molecule has 1 N–H and O–H groups in total. The highest BCUT2D eigenvalue weighted by molar-refractivity contribution is 7.90. The van der Waals surface area contributed by atoms with Crippen molar-refractivity contribution in [3.63, 3.8) is 0 Å². The van der Waals surface area contributed by atoms with Crippen molar-refractivity contribution in [1.82, 2.24) is 5.32 Å². The third kappa shape index (κ3) is 3.30. The molecule has 3 nitrogen and oxygen atoms in total. The van der Waals surface area contributed by atoms with Gasteiger partial charge >= 0.3 is 0 Å². The van der Waals surface area contributed by atoms with Gasteiger partial charge in [0, 0.05) is 12.3 Å². The highest BCUT2D eigenvalue weighted by Gasteiger charge is 2.22. The van der Waals surface area contributed by atoms with E-state index in [2.05, 4.69) is 5.32 Å². The Kier molecular flexibility index (Phi) is 4.20. The van der Waals surface area contributed by atoms with Gasteiger partial charge in [0.25, 0.3) is 0 Å². The van der Waals surface area contributed by atoms with Crippen molar-refractivity contribution in [3.05, 3.63) is 29.3 Å². The molecule has 0 aromatic heterocycles. The highest BCUT2D eigenvalue weighted by atomic mass is 32.2. The predicted molar refractivity (Wildman–Crippen MR) is 68.8 cm³/mol. The van der Waals surface area contributed by atoms with E-state index >= 15 is 0 Å². The van der Waals surface area contributed by atoms with Crippen molar-refractivity contribution in [1.29, 1.82) is 0 Å². The Hall–Kier alpha value is -1.01. The molecule has 1 aliphatic heterocycles. The summed E-state index contributed by atoms with van der Waals surface area (Å²) in [4.78, 5) is -0.578. The van der Waals surface area contributed by atoms with E-state index in [1.807, 2.05) is 0 Å². The van der Waals surface area contributed by atoms with Crippen LogP contribution in [0, 0.1) is 11.6 Å². The van der Waals surface area contributed by atoms with E-state index in [0.717, 1.165) is 38.1 Å². The molecule has 1 saturated heterocycles. The van der Waals surface area contributed by atoms with Gasteiger partial charge in [-0.3, -0.25) is 0 Å². The second-order valence-corrected chi connectivity index (χ2v) is 6.96. The summed E-state index contributed by atoms with van der Waals surface area (Å²) in [5.74, 6) is -2.31. The fourth-order valence-electron chi connectivity index (χ4n) is 2.38. The van der Waals surface area contributed by atoms with Crippen LogP contribution in [0.15, 0.2) is 17.0 Å². The van der Waals surface area contributed by atoms with E-state index in [0.29, 0.717) is 6.42 Å². The first kappa shape index (κ1) is 14.4. The van der Waals surface area contributed by atoms with Crippen molar-refractivity contribution in [2.45, 2.75) is 36.6 Å². The van der Waals surface area contributed by atoms with Gasteiger partial charge in [-0.25, -0.2) is 17.2 Å². The smallest absolute Gasteiger partial charge is 0.178 e. The Morgan fingerprint density at radius 1 is 1.26 bits per heavy atom. The van der Waals surface area contributed by atoms with Crippen molar-refractivity contribution < 1.29 is 17.2 Å². The monoisotopic (exact) mass is 289 g/mol. The lowest BCUT2D eigenvalue weighted by molar-refractivity contribution is 0.390. The van der Waals surface area contributed by atoms with Gasteiger partial charge in [0.2, 0.25) is 0 Å². The zero-order valence-corrected chi connectivity index (χ0v) is 11.6. The van der Waals surface area contributed by atoms with E-state index in [1.54, 1.807) is 0 Å². The molecule has 1 aliphatic rings. The van der Waals surface area contributed by atoms with Gasteiger partial charge < -0.3 is 5.32 Å². The Balaban J connectivity index is 2.26. The number of rotatable bonds is 3. The van der Waals surface area contributed by atoms with Gasteiger partial charge in [-0.1, -0.05) is 12.5 Å². The van der Waals surface area contributed by atoms with E-state index in [9.17, 15) is 17.2 Å². The van der Waals surface area contributed by atoms with E-state index in [1.165, 1.54) is 6.07 Å². The molecule has 1 fully saturated rings. The quantitative estimate of drug-likeness (QED) is 0.926. The predicted octanol–water partition coefficient (Wildman–Crippen LogP) is 2.05. The average molecular weight is 289 g/mol. The van der Waals surface area contributed by atoms with Crippen LogP contribution in [0.4, 0.5) is 8.78 Å². The third-order valence-electron chi connectivity index (χ3n) is 3.41. The molecule has 0 amide bonds. The molecule has 0 radical (unpaired) electrons. The van der Waals surface area contributed by atoms with Crippen LogP contribution in [0.5, 0.6) is 0 Å². The number of halogens is 2. The maximum absolute atomic E-state index is 13.9. The van der Waals surface area contributed by atoms with E-state index in [4.69, 9.17) is 0 Å². The number of hydrogen-bond acceptors (Lipinski definition) is 3. The minimum absolute atomic E-state index is 0.131. The molecular formula is C13H17F2NO2S. The molecule has 2 rings (SSSR count). The number of benzene rings is 1. The normalized spacial score (nSPS) is 20.5. The highest BCUT2D eigenvalue weighted by Crippen LogP contribution is 2.22. The van der Waals surface area contributed by atoms with Gasteiger partial charge in [-0.15, -0.1) is 0 Å². The summed E-state index contributed by atoms with van der Waals surface area (Å²) in [6.45, 7) is 0.885. The van der Waals surface area contributed by atoms with Crippen LogP contribution in [0.2, 0.25) is 0 Å². The molecule has 1 atom stereocenters. The summed E-state index contributed by atoms with van der Waals surface area (Å²) < 4.78 is 50.2. The minimum atomic E-state index is -3.74. The molecule has 106 valence electrons. The minimum Gasteiger partial charge on any atom is -0.314 e. The van der Waals surface area contributed by atoms with Gasteiger partial charge in [-0.05, 0) is 37.4 Å². The van der Waals surface area contributed by atoms with Crippen LogP contribution in [0.3, 0.4) is 0 Å². The lowest BCUT2D eigenvalue weighted by Gasteiger charge is -2.23. The Morgan fingerprint density at radius 2 is 2.00 bits per heavy atom. The summed E-state index contributed by atoms with van der Waals surface area (Å²) in [5, 5.41) is 3.25. The summed E-state index contributed by atoms with van der Waals surface area (Å²) in [7, 11) is -3.74. The van der Waals surface area contributed by atoms with Crippen LogP contribution in [0.1, 0.15) is 24.8 Å². The fourth-order valence-corrected chi connectivity index (χ4v) is 3.11. The second-order valence-electron chi connectivity index (χ2n) is 4.97. The summed E-state index contributed by atoms with van der Waals surface area (Å²) in [6.07, 6.45) is 4.35. The summed E-state index contributed by atoms with van der Waals surface area (Å²) in [5.41, 5.74) is 0.226. The largest absolute Gasteiger partial charge is 0.314 e. The van der Waals surface area contributed by atoms with Gasteiger partial charge in [0.15, 0.2) is 21.5 Å². The van der Waals surface area contributed by atoms with Gasteiger partial charge in [-0.2, -0.15) is 0 Å². The van der Waals surface area contributed by atoms with Crippen molar-refractivity contribution in [3.8, 4) is 0 Å². The third-order valence-corrected chi connectivity index (χ3v) is 4.52. The first-order valence-corrected chi connectivity index (χ1v) is 8.19. The van der Waals surface area contributed by atoms with Crippen molar-refractivity contribution >= 4 is 9.84 Å². The molecule has 1 heterocycles. The zero-order valence-electron chi connectivity index (χ0n) is 10.7. The molecule has 6 heteroatoms. The Bertz CT molecular complexity index is 566. The zero-order chi connectivity index (χ0) is 14.0. The van der Waals surface area contributed by atoms with E-state index < -0.39 is 26.4 Å². The topological polar surface area (TPSA) is 46.2 Å². The molecule has 0 saturated carbocycles. The van der Waals surface area contributed by atoms with Crippen LogP contribution >= 0.6 is 0 Å². The molecule has 1 unspecified atom stereocenters. The summed E-state index contributed by atoms with van der Waals surface area (Å²) in [6, 6.07) is 2.64. The molecule has 0 aliphatic carbocycles. The molecule has 0 bridgehead atoms. The number of piperidine rings is 1. The Morgan fingerprint density at radius 3 is 2.58 bits per heavy atom. The van der Waals surface area contributed by atoms with Crippen LogP contribution in [0.25, 0.3) is 0 Å². The molecular weight excluding hydrogens is 272 g/mol. The number of hydrogen-bond donors (Lipinski definition) is 1. The van der Waals surface area contributed by atoms with Crippen molar-refractivity contribution in [2.75, 3.05) is 12.8 Å². The second kappa shape index (κ2) is 5.54. The Labute approximate surface area is 111 Å². The van der Waals surface area contributed by atoms with Gasteiger partial charge in [0.1, 0.15) is 4.90 Å². The molecule has 19 heavy (non-hydrogen) atoms. The van der Waals surface area contributed by atoms with Crippen LogP contribution in [-0.2, 0) is 16.3 Å². The first-order valence-electron chi connectivity index (χ1n) is 6.30. The molecule has 1 aromatic rings. The number of sulfone groups is 1. The average Bonchev–Trinajstić information content (AvgIpc) is 2.35. The number of nitrogens with one attached hydrogen (secondary N) is 1. The van der Waals surface area contributed by atoms with Gasteiger partial charge in [0.05, 0.1) is 0 Å². The molecule has 1 aromatic carbocycles.